The van der Waals surface area contributed by atoms with Crippen LogP contribution in [0.4, 0.5) is 11.4 Å². The van der Waals surface area contributed by atoms with E-state index in [2.05, 4.69) is 34.6 Å². The first kappa shape index (κ1) is 20.5. The van der Waals surface area contributed by atoms with Crippen LogP contribution in [0.15, 0.2) is 47.6 Å². The van der Waals surface area contributed by atoms with Crippen LogP contribution in [0.5, 0.6) is 0 Å². The van der Waals surface area contributed by atoms with Crippen molar-refractivity contribution in [1.82, 2.24) is 5.43 Å². The highest BCUT2D eigenvalue weighted by molar-refractivity contribution is 6.40. The van der Waals surface area contributed by atoms with Crippen molar-refractivity contribution in [2.45, 2.75) is 20.8 Å². The molecule has 2 aromatic carbocycles. The van der Waals surface area contributed by atoms with Crippen molar-refractivity contribution in [2.24, 2.45) is 5.10 Å². The minimum absolute atomic E-state index is 0.485. The number of benzene rings is 2. The lowest BCUT2D eigenvalue weighted by Crippen LogP contribution is -2.32. The average molecular weight is 387 g/mol. The Hall–Kier alpha value is -2.86. The second-order valence-corrected chi connectivity index (χ2v) is 6.24. The number of nitrogens with zero attached hydrogens (tertiary/aromatic N) is 2. The molecule has 0 aliphatic rings. The van der Waals surface area contributed by atoms with Crippen molar-refractivity contribution in [3.8, 4) is 0 Å². The Labute approximate surface area is 164 Å². The first-order chi connectivity index (χ1) is 13.0. The molecule has 0 radical (unpaired) electrons. The zero-order valence-electron chi connectivity index (χ0n) is 15.6. The molecule has 0 spiro atoms. The Balaban J connectivity index is 1.92. The van der Waals surface area contributed by atoms with Gasteiger partial charge in [-0.2, -0.15) is 5.10 Å². The van der Waals surface area contributed by atoms with Gasteiger partial charge in [-0.15, -0.1) is 0 Å². The minimum Gasteiger partial charge on any atom is -0.372 e. The number of amides is 2. The zero-order valence-corrected chi connectivity index (χ0v) is 16.4. The highest BCUT2D eigenvalue weighted by Gasteiger charge is 2.14. The third-order valence-electron chi connectivity index (χ3n) is 4.12. The van der Waals surface area contributed by atoms with Gasteiger partial charge in [0.25, 0.3) is 0 Å². The highest BCUT2D eigenvalue weighted by atomic mass is 35.5. The summed E-state index contributed by atoms with van der Waals surface area (Å²) in [5, 5.41) is 6.86. The Kier molecular flexibility index (Phi) is 7.37. The number of hydrazone groups is 1. The normalized spacial score (nSPS) is 10.7. The number of rotatable bonds is 6. The fourth-order valence-corrected chi connectivity index (χ4v) is 2.67. The summed E-state index contributed by atoms with van der Waals surface area (Å²) in [4.78, 5) is 26.1. The molecule has 7 heteroatoms. The largest absolute Gasteiger partial charge is 0.372 e. The first-order valence-corrected chi connectivity index (χ1v) is 9.08. The molecule has 0 aliphatic heterocycles. The SMILES string of the molecule is CCN(CC)c1ccc(C=NNC(=O)C(=O)Nc2cccc(Cl)c2C)cc1. The molecule has 2 aromatic rings. The number of carbonyl (C=O) groups is 2. The van der Waals surface area contributed by atoms with Crippen LogP contribution < -0.4 is 15.6 Å². The number of halogens is 1. The summed E-state index contributed by atoms with van der Waals surface area (Å²) in [6.07, 6.45) is 1.49. The predicted octanol–water partition coefficient (Wildman–Crippen LogP) is 3.58. The second kappa shape index (κ2) is 9.73. The second-order valence-electron chi connectivity index (χ2n) is 5.83. The van der Waals surface area contributed by atoms with Gasteiger partial charge in [0, 0.05) is 29.5 Å². The maximum Gasteiger partial charge on any atom is 0.329 e. The molecule has 2 amide bonds. The molecule has 2 N–H and O–H groups in total. The van der Waals surface area contributed by atoms with Crippen molar-refractivity contribution < 1.29 is 9.59 Å². The van der Waals surface area contributed by atoms with Gasteiger partial charge in [-0.05, 0) is 56.2 Å². The van der Waals surface area contributed by atoms with Gasteiger partial charge in [0.05, 0.1) is 6.21 Å². The Morgan fingerprint density at radius 2 is 1.74 bits per heavy atom. The van der Waals surface area contributed by atoms with Crippen LogP contribution in [-0.4, -0.2) is 31.1 Å². The molecule has 0 aromatic heterocycles. The number of carbonyl (C=O) groups excluding carboxylic acids is 2. The van der Waals surface area contributed by atoms with E-state index in [9.17, 15) is 9.59 Å². The van der Waals surface area contributed by atoms with E-state index in [0.717, 1.165) is 24.3 Å². The quantitative estimate of drug-likeness (QED) is 0.452. The van der Waals surface area contributed by atoms with Gasteiger partial charge in [-0.25, -0.2) is 5.43 Å². The lowest BCUT2D eigenvalue weighted by Gasteiger charge is -2.20. The number of anilines is 2. The average Bonchev–Trinajstić information content (AvgIpc) is 2.67. The third-order valence-corrected chi connectivity index (χ3v) is 4.53. The summed E-state index contributed by atoms with van der Waals surface area (Å²) >= 11 is 6.00. The van der Waals surface area contributed by atoms with Gasteiger partial charge in [-0.1, -0.05) is 29.8 Å². The molecular weight excluding hydrogens is 364 g/mol. The Morgan fingerprint density at radius 3 is 2.37 bits per heavy atom. The molecule has 0 heterocycles. The van der Waals surface area contributed by atoms with Gasteiger partial charge in [0.15, 0.2) is 0 Å². The molecular formula is C20H23ClN4O2. The van der Waals surface area contributed by atoms with Crippen LogP contribution >= 0.6 is 11.6 Å². The van der Waals surface area contributed by atoms with Gasteiger partial charge in [-0.3, -0.25) is 9.59 Å². The van der Waals surface area contributed by atoms with Crippen LogP contribution in [0.2, 0.25) is 5.02 Å². The molecule has 0 aliphatic carbocycles. The van der Waals surface area contributed by atoms with Gasteiger partial charge >= 0.3 is 11.8 Å². The van der Waals surface area contributed by atoms with E-state index in [0.29, 0.717) is 16.3 Å². The number of nitrogens with one attached hydrogen (secondary N) is 2. The highest BCUT2D eigenvalue weighted by Crippen LogP contribution is 2.22. The van der Waals surface area contributed by atoms with E-state index >= 15 is 0 Å². The summed E-state index contributed by atoms with van der Waals surface area (Å²) in [5.41, 5.74) is 5.34. The van der Waals surface area contributed by atoms with Gasteiger partial charge in [0.2, 0.25) is 0 Å². The van der Waals surface area contributed by atoms with Gasteiger partial charge in [0.1, 0.15) is 0 Å². The van der Waals surface area contributed by atoms with E-state index in [-0.39, 0.29) is 0 Å². The maximum atomic E-state index is 12.0. The van der Waals surface area contributed by atoms with E-state index in [4.69, 9.17) is 11.6 Å². The molecule has 0 unspecified atom stereocenters. The van der Waals surface area contributed by atoms with E-state index in [1.165, 1.54) is 6.21 Å². The fourth-order valence-electron chi connectivity index (χ4n) is 2.50. The van der Waals surface area contributed by atoms with Crippen molar-refractivity contribution in [2.75, 3.05) is 23.3 Å². The monoisotopic (exact) mass is 386 g/mol. The van der Waals surface area contributed by atoms with E-state index in [1.54, 1.807) is 25.1 Å². The first-order valence-electron chi connectivity index (χ1n) is 8.70. The van der Waals surface area contributed by atoms with Crippen molar-refractivity contribution in [3.05, 3.63) is 58.6 Å². The molecule has 0 fully saturated rings. The molecule has 0 saturated carbocycles. The smallest absolute Gasteiger partial charge is 0.329 e. The predicted molar refractivity (Wildman–Crippen MR) is 111 cm³/mol. The van der Waals surface area contributed by atoms with E-state index < -0.39 is 11.8 Å². The summed E-state index contributed by atoms with van der Waals surface area (Å²) in [6.45, 7) is 7.83. The van der Waals surface area contributed by atoms with Crippen LogP contribution in [0.3, 0.4) is 0 Å². The third kappa shape index (κ3) is 5.56. The maximum absolute atomic E-state index is 12.0. The van der Waals surface area contributed by atoms with Crippen molar-refractivity contribution in [1.29, 1.82) is 0 Å². The minimum atomic E-state index is -0.856. The van der Waals surface area contributed by atoms with Crippen LogP contribution in [-0.2, 0) is 9.59 Å². The molecule has 27 heavy (non-hydrogen) atoms. The van der Waals surface area contributed by atoms with Crippen molar-refractivity contribution in [3.63, 3.8) is 0 Å². The summed E-state index contributed by atoms with van der Waals surface area (Å²) < 4.78 is 0. The van der Waals surface area contributed by atoms with Crippen LogP contribution in [0.25, 0.3) is 0 Å². The zero-order chi connectivity index (χ0) is 19.8. The molecule has 142 valence electrons. The Bertz CT molecular complexity index is 830. The lowest BCUT2D eigenvalue weighted by atomic mass is 10.2. The summed E-state index contributed by atoms with van der Waals surface area (Å²) in [5.74, 6) is -1.67. The lowest BCUT2D eigenvalue weighted by molar-refractivity contribution is -0.136. The fraction of sp³-hybridized carbons (Fsp3) is 0.250. The van der Waals surface area contributed by atoms with Crippen LogP contribution in [0.1, 0.15) is 25.0 Å². The van der Waals surface area contributed by atoms with Gasteiger partial charge < -0.3 is 10.2 Å². The molecule has 0 atom stereocenters. The Morgan fingerprint density at radius 1 is 1.07 bits per heavy atom. The van der Waals surface area contributed by atoms with Crippen molar-refractivity contribution >= 4 is 41.0 Å². The molecule has 0 bridgehead atoms. The topological polar surface area (TPSA) is 73.8 Å². The standard InChI is InChI=1S/C20H23ClN4O2/c1-4-25(5-2)16-11-9-15(10-12-16)13-22-24-20(27)19(26)23-18-8-6-7-17(21)14(18)3/h6-13H,4-5H2,1-3H3,(H,23,26)(H,24,27). The summed E-state index contributed by atoms with van der Waals surface area (Å²) in [7, 11) is 0. The summed E-state index contributed by atoms with van der Waals surface area (Å²) in [6, 6.07) is 12.9. The number of hydrogen-bond acceptors (Lipinski definition) is 4. The number of hydrogen-bond donors (Lipinski definition) is 2. The van der Waals surface area contributed by atoms with Crippen LogP contribution in [0, 0.1) is 6.92 Å². The molecule has 2 rings (SSSR count). The molecule has 6 nitrogen and oxygen atoms in total. The van der Waals surface area contributed by atoms with E-state index in [1.807, 2.05) is 24.3 Å². The molecule has 0 saturated heterocycles.